The van der Waals surface area contributed by atoms with E-state index in [1.165, 1.54) is 0 Å². The van der Waals surface area contributed by atoms with Crippen molar-refractivity contribution in [3.05, 3.63) is 30.1 Å². The highest BCUT2D eigenvalue weighted by Crippen LogP contribution is 2.10. The van der Waals surface area contributed by atoms with E-state index in [0.717, 1.165) is 12.1 Å². The minimum absolute atomic E-state index is 0.175. The fraction of sp³-hybridized carbons (Fsp3) is 0.611. The van der Waals surface area contributed by atoms with Gasteiger partial charge in [0.05, 0.1) is 0 Å². The molecule has 1 heterocycles. The summed E-state index contributed by atoms with van der Waals surface area (Å²) in [6, 6.07) is 5.83. The minimum Gasteiger partial charge on any atom is -0.444 e. The van der Waals surface area contributed by atoms with E-state index in [1.807, 2.05) is 45.9 Å². The lowest BCUT2D eigenvalue weighted by Crippen LogP contribution is -2.37. The van der Waals surface area contributed by atoms with Crippen molar-refractivity contribution in [3.8, 4) is 0 Å². The Labute approximate surface area is 150 Å². The Bertz CT molecular complexity index is 554. The van der Waals surface area contributed by atoms with Gasteiger partial charge in [0, 0.05) is 45.0 Å². The third kappa shape index (κ3) is 9.54. The number of nitrogens with zero attached hydrogens (tertiary/aromatic N) is 3. The zero-order chi connectivity index (χ0) is 18.9. The molecule has 0 fully saturated rings. The lowest BCUT2D eigenvalue weighted by atomic mass is 10.2. The van der Waals surface area contributed by atoms with Crippen LogP contribution in [-0.4, -0.2) is 54.2 Å². The summed E-state index contributed by atoms with van der Waals surface area (Å²) < 4.78 is 5.33. The average molecular weight is 349 g/mol. The maximum atomic E-state index is 11.9. The Balaban J connectivity index is 2.29. The second-order valence-corrected chi connectivity index (χ2v) is 7.19. The van der Waals surface area contributed by atoms with Gasteiger partial charge in [-0.3, -0.25) is 9.98 Å². The minimum atomic E-state index is -0.491. The Hall–Kier alpha value is -2.31. The summed E-state index contributed by atoms with van der Waals surface area (Å²) in [7, 11) is 1.72. The van der Waals surface area contributed by atoms with E-state index in [2.05, 4.69) is 15.3 Å². The summed E-state index contributed by atoms with van der Waals surface area (Å²) in [4.78, 5) is 22.1. The largest absolute Gasteiger partial charge is 0.444 e. The molecule has 1 amide bonds. The highest BCUT2D eigenvalue weighted by Gasteiger charge is 2.20. The number of ether oxygens (including phenoxy) is 1. The molecule has 0 bridgehead atoms. The number of pyridine rings is 1. The first-order valence-electron chi connectivity index (χ1n) is 8.55. The zero-order valence-corrected chi connectivity index (χ0v) is 16.0. The Kier molecular flexibility index (Phi) is 8.18. The molecular formula is C18H31N5O2. The van der Waals surface area contributed by atoms with Gasteiger partial charge in [-0.15, -0.1) is 0 Å². The Morgan fingerprint density at radius 3 is 2.76 bits per heavy atom. The molecule has 140 valence electrons. The van der Waals surface area contributed by atoms with Crippen LogP contribution in [0.15, 0.2) is 29.4 Å². The molecule has 1 atom stereocenters. The van der Waals surface area contributed by atoms with Crippen LogP contribution in [0.3, 0.4) is 0 Å². The van der Waals surface area contributed by atoms with Gasteiger partial charge in [-0.2, -0.15) is 0 Å². The van der Waals surface area contributed by atoms with E-state index in [9.17, 15) is 4.79 Å². The van der Waals surface area contributed by atoms with Gasteiger partial charge in [0.1, 0.15) is 5.60 Å². The predicted molar refractivity (Wildman–Crippen MR) is 100 cm³/mol. The summed E-state index contributed by atoms with van der Waals surface area (Å²) in [6.07, 6.45) is 2.23. The first kappa shape index (κ1) is 20.7. The van der Waals surface area contributed by atoms with Gasteiger partial charge in [-0.25, -0.2) is 4.79 Å². The average Bonchev–Trinajstić information content (AvgIpc) is 2.52. The van der Waals surface area contributed by atoms with Gasteiger partial charge in [0.2, 0.25) is 0 Å². The van der Waals surface area contributed by atoms with Gasteiger partial charge in [-0.1, -0.05) is 13.0 Å². The number of nitrogens with one attached hydrogen (secondary N) is 1. The van der Waals surface area contributed by atoms with Gasteiger partial charge in [-0.05, 0) is 38.8 Å². The van der Waals surface area contributed by atoms with Crippen molar-refractivity contribution in [1.29, 1.82) is 0 Å². The van der Waals surface area contributed by atoms with E-state index >= 15 is 0 Å². The smallest absolute Gasteiger partial charge is 0.410 e. The molecule has 1 rings (SSSR count). The molecule has 25 heavy (non-hydrogen) atoms. The second kappa shape index (κ2) is 9.86. The first-order chi connectivity index (χ1) is 11.7. The topological polar surface area (TPSA) is 92.8 Å². The molecule has 7 nitrogen and oxygen atoms in total. The van der Waals surface area contributed by atoms with E-state index in [0.29, 0.717) is 25.6 Å². The van der Waals surface area contributed by atoms with Crippen LogP contribution in [0.25, 0.3) is 0 Å². The van der Waals surface area contributed by atoms with E-state index in [4.69, 9.17) is 10.5 Å². The molecule has 0 saturated carbocycles. The molecule has 1 unspecified atom stereocenters. The van der Waals surface area contributed by atoms with Crippen LogP contribution in [0, 0.1) is 5.92 Å². The lowest BCUT2D eigenvalue weighted by Gasteiger charge is -2.26. The fourth-order valence-corrected chi connectivity index (χ4v) is 2.11. The van der Waals surface area contributed by atoms with Crippen LogP contribution in [0.4, 0.5) is 4.79 Å². The second-order valence-electron chi connectivity index (χ2n) is 7.19. The van der Waals surface area contributed by atoms with Crippen molar-refractivity contribution < 1.29 is 9.53 Å². The molecule has 7 heteroatoms. The summed E-state index contributed by atoms with van der Waals surface area (Å²) in [5.74, 6) is 0.580. The standard InChI is InChI=1S/C18H31N5O2/c1-14(13-23(5)17(24)25-18(2,3)4)12-22-16(19)21-11-9-15-8-6-7-10-20-15/h6-8,10,14H,9,11-13H2,1-5H3,(H3,19,21,22). The molecule has 0 saturated heterocycles. The van der Waals surface area contributed by atoms with Crippen molar-refractivity contribution in [2.75, 3.05) is 26.7 Å². The number of nitrogens with two attached hydrogens (primary N) is 1. The molecule has 0 radical (unpaired) electrons. The van der Waals surface area contributed by atoms with Crippen molar-refractivity contribution >= 4 is 12.1 Å². The highest BCUT2D eigenvalue weighted by atomic mass is 16.6. The number of amides is 1. The van der Waals surface area contributed by atoms with Crippen LogP contribution < -0.4 is 11.1 Å². The first-order valence-corrected chi connectivity index (χ1v) is 8.55. The van der Waals surface area contributed by atoms with Gasteiger partial charge < -0.3 is 20.7 Å². The molecule has 0 spiro atoms. The van der Waals surface area contributed by atoms with Crippen molar-refractivity contribution in [2.45, 2.75) is 39.7 Å². The lowest BCUT2D eigenvalue weighted by molar-refractivity contribution is 0.0279. The monoisotopic (exact) mass is 349 g/mol. The fourth-order valence-electron chi connectivity index (χ4n) is 2.11. The third-order valence-electron chi connectivity index (χ3n) is 3.28. The molecular weight excluding hydrogens is 318 g/mol. The summed E-state index contributed by atoms with van der Waals surface area (Å²) >= 11 is 0. The zero-order valence-electron chi connectivity index (χ0n) is 16.0. The van der Waals surface area contributed by atoms with Crippen LogP contribution in [0.1, 0.15) is 33.4 Å². The number of hydrogen-bond acceptors (Lipinski definition) is 4. The molecule has 1 aromatic heterocycles. The van der Waals surface area contributed by atoms with Crippen LogP contribution in [-0.2, 0) is 11.2 Å². The van der Waals surface area contributed by atoms with E-state index in [1.54, 1.807) is 18.1 Å². The molecule has 1 aromatic rings. The number of guanidine groups is 1. The van der Waals surface area contributed by atoms with Gasteiger partial charge >= 0.3 is 6.09 Å². The number of rotatable bonds is 7. The number of hydrogen-bond donors (Lipinski definition) is 2. The van der Waals surface area contributed by atoms with Gasteiger partial charge in [0.25, 0.3) is 0 Å². The number of carbonyl (C=O) groups excluding carboxylic acids is 1. The van der Waals surface area contributed by atoms with Crippen LogP contribution >= 0.6 is 0 Å². The van der Waals surface area contributed by atoms with Crippen LogP contribution in [0.5, 0.6) is 0 Å². The predicted octanol–water partition coefficient (Wildman–Crippen LogP) is 2.03. The maximum absolute atomic E-state index is 11.9. The maximum Gasteiger partial charge on any atom is 0.410 e. The molecule has 3 N–H and O–H groups in total. The summed E-state index contributed by atoms with van der Waals surface area (Å²) in [6.45, 7) is 9.34. The number of aromatic nitrogens is 1. The molecule has 0 aliphatic rings. The molecule has 0 aromatic carbocycles. The summed E-state index contributed by atoms with van der Waals surface area (Å²) in [5.41, 5.74) is 6.39. The SMILES string of the molecule is CC(CN=C(N)NCCc1ccccn1)CN(C)C(=O)OC(C)(C)C. The highest BCUT2D eigenvalue weighted by molar-refractivity contribution is 5.77. The number of carbonyl (C=O) groups is 1. The third-order valence-corrected chi connectivity index (χ3v) is 3.28. The van der Waals surface area contributed by atoms with Crippen molar-refractivity contribution in [1.82, 2.24) is 15.2 Å². The Morgan fingerprint density at radius 1 is 1.44 bits per heavy atom. The Morgan fingerprint density at radius 2 is 2.16 bits per heavy atom. The molecule has 0 aliphatic heterocycles. The molecule has 0 aliphatic carbocycles. The quantitative estimate of drug-likeness (QED) is 0.580. The van der Waals surface area contributed by atoms with Crippen LogP contribution in [0.2, 0.25) is 0 Å². The van der Waals surface area contributed by atoms with Gasteiger partial charge in [0.15, 0.2) is 5.96 Å². The number of aliphatic imine (C=N–C) groups is 1. The van der Waals surface area contributed by atoms with Crippen molar-refractivity contribution in [3.63, 3.8) is 0 Å². The van der Waals surface area contributed by atoms with E-state index < -0.39 is 5.60 Å². The van der Waals surface area contributed by atoms with E-state index in [-0.39, 0.29) is 12.0 Å². The van der Waals surface area contributed by atoms with Crippen molar-refractivity contribution in [2.24, 2.45) is 16.6 Å². The normalized spacial score (nSPS) is 13.2. The summed E-state index contributed by atoms with van der Waals surface area (Å²) in [5, 5.41) is 3.08.